The van der Waals surface area contributed by atoms with Crippen molar-refractivity contribution < 1.29 is 4.39 Å². The quantitative estimate of drug-likeness (QED) is 0.766. The number of aromatic nitrogens is 4. The minimum atomic E-state index is -0.204. The molecule has 146 valence electrons. The van der Waals surface area contributed by atoms with Crippen LogP contribution >= 0.6 is 0 Å². The van der Waals surface area contributed by atoms with Gasteiger partial charge >= 0.3 is 0 Å². The Morgan fingerprint density at radius 2 is 1.59 bits per heavy atom. The molecular formula is C21H30FN5. The van der Waals surface area contributed by atoms with E-state index in [0.29, 0.717) is 12.1 Å². The lowest BCUT2D eigenvalue weighted by molar-refractivity contribution is 0.146. The maximum Gasteiger partial charge on any atom is 0.173 e. The van der Waals surface area contributed by atoms with Crippen LogP contribution < -0.4 is 0 Å². The van der Waals surface area contributed by atoms with Crippen LogP contribution in [-0.4, -0.2) is 38.2 Å². The van der Waals surface area contributed by atoms with Crippen LogP contribution in [0.4, 0.5) is 4.39 Å². The number of hydrogen-bond acceptors (Lipinski definition) is 4. The Labute approximate surface area is 160 Å². The molecule has 0 unspecified atom stereocenters. The van der Waals surface area contributed by atoms with Gasteiger partial charge in [0, 0.05) is 6.04 Å². The third-order valence-corrected chi connectivity index (χ3v) is 6.43. The summed E-state index contributed by atoms with van der Waals surface area (Å²) in [6.45, 7) is 0. The molecule has 0 saturated heterocycles. The minimum absolute atomic E-state index is 0.0365. The van der Waals surface area contributed by atoms with Gasteiger partial charge in [-0.15, -0.1) is 5.10 Å². The molecule has 4 rings (SSSR count). The summed E-state index contributed by atoms with van der Waals surface area (Å²) in [6.07, 6.45) is 12.4. The highest BCUT2D eigenvalue weighted by Crippen LogP contribution is 2.35. The van der Waals surface area contributed by atoms with Gasteiger partial charge in [-0.3, -0.25) is 4.90 Å². The average molecular weight is 372 g/mol. The zero-order valence-electron chi connectivity index (χ0n) is 16.2. The number of benzene rings is 1. The first-order valence-electron chi connectivity index (χ1n) is 10.5. The molecule has 2 saturated carbocycles. The SMILES string of the molecule is CN(C1CCCCC1)[C@H](c1ccc(F)cc1)c1nnnn1C1CCCCC1. The van der Waals surface area contributed by atoms with Crippen LogP contribution in [0, 0.1) is 5.82 Å². The zero-order valence-corrected chi connectivity index (χ0v) is 16.2. The molecule has 1 heterocycles. The second-order valence-electron chi connectivity index (χ2n) is 8.18. The second-order valence-corrected chi connectivity index (χ2v) is 8.18. The summed E-state index contributed by atoms with van der Waals surface area (Å²) < 4.78 is 15.6. The van der Waals surface area contributed by atoms with Crippen LogP contribution in [0.2, 0.25) is 0 Å². The van der Waals surface area contributed by atoms with E-state index >= 15 is 0 Å². The maximum atomic E-state index is 13.6. The fourth-order valence-electron chi connectivity index (χ4n) is 4.88. The van der Waals surface area contributed by atoms with Crippen molar-refractivity contribution in [3.05, 3.63) is 41.5 Å². The third-order valence-electron chi connectivity index (χ3n) is 6.43. The smallest absolute Gasteiger partial charge is 0.173 e. The van der Waals surface area contributed by atoms with Gasteiger partial charge in [0.05, 0.1) is 12.1 Å². The van der Waals surface area contributed by atoms with E-state index in [-0.39, 0.29) is 11.9 Å². The maximum absolute atomic E-state index is 13.6. The predicted octanol–water partition coefficient (Wildman–Crippen LogP) is 4.67. The minimum Gasteiger partial charge on any atom is -0.290 e. The lowest BCUT2D eigenvalue weighted by atomic mass is 9.91. The van der Waals surface area contributed by atoms with Crippen LogP contribution in [0.5, 0.6) is 0 Å². The van der Waals surface area contributed by atoms with E-state index in [1.165, 1.54) is 51.4 Å². The van der Waals surface area contributed by atoms with E-state index in [1.807, 2.05) is 12.1 Å². The lowest BCUT2D eigenvalue weighted by Gasteiger charge is -2.37. The molecule has 0 N–H and O–H groups in total. The molecule has 1 aromatic carbocycles. The zero-order chi connectivity index (χ0) is 18.6. The Morgan fingerprint density at radius 3 is 2.26 bits per heavy atom. The number of halogens is 1. The Balaban J connectivity index is 1.69. The van der Waals surface area contributed by atoms with Crippen molar-refractivity contribution in [1.82, 2.24) is 25.1 Å². The van der Waals surface area contributed by atoms with Crippen molar-refractivity contribution in [2.45, 2.75) is 82.3 Å². The molecule has 2 fully saturated rings. The van der Waals surface area contributed by atoms with Crippen molar-refractivity contribution in [2.75, 3.05) is 7.05 Å². The topological polar surface area (TPSA) is 46.8 Å². The Morgan fingerprint density at radius 1 is 0.963 bits per heavy atom. The number of tetrazole rings is 1. The summed E-state index contributed by atoms with van der Waals surface area (Å²) in [5.41, 5.74) is 1.07. The van der Waals surface area contributed by atoms with E-state index in [9.17, 15) is 4.39 Å². The monoisotopic (exact) mass is 371 g/mol. The first kappa shape index (κ1) is 18.5. The Kier molecular flexibility index (Phi) is 5.81. The number of nitrogens with zero attached hydrogens (tertiary/aromatic N) is 5. The van der Waals surface area contributed by atoms with Gasteiger partial charge < -0.3 is 0 Å². The van der Waals surface area contributed by atoms with Gasteiger partial charge in [0.1, 0.15) is 5.82 Å². The molecule has 1 aromatic heterocycles. The fraction of sp³-hybridized carbons (Fsp3) is 0.667. The molecule has 2 aromatic rings. The van der Waals surface area contributed by atoms with Crippen molar-refractivity contribution in [3.63, 3.8) is 0 Å². The lowest BCUT2D eigenvalue weighted by Crippen LogP contribution is -2.38. The number of hydrogen-bond donors (Lipinski definition) is 0. The number of rotatable bonds is 5. The Hall–Kier alpha value is -1.82. The van der Waals surface area contributed by atoms with Crippen molar-refractivity contribution in [2.24, 2.45) is 0 Å². The van der Waals surface area contributed by atoms with Crippen molar-refractivity contribution in [3.8, 4) is 0 Å². The first-order valence-corrected chi connectivity index (χ1v) is 10.5. The van der Waals surface area contributed by atoms with E-state index < -0.39 is 0 Å². The highest BCUT2D eigenvalue weighted by atomic mass is 19.1. The van der Waals surface area contributed by atoms with E-state index in [4.69, 9.17) is 0 Å². The predicted molar refractivity (Wildman–Crippen MR) is 103 cm³/mol. The first-order chi connectivity index (χ1) is 13.2. The molecule has 0 bridgehead atoms. The van der Waals surface area contributed by atoms with E-state index in [2.05, 4.69) is 32.2 Å². The molecule has 2 aliphatic rings. The summed E-state index contributed by atoms with van der Waals surface area (Å²) in [7, 11) is 2.18. The summed E-state index contributed by atoms with van der Waals surface area (Å²) in [6, 6.07) is 7.73. The third kappa shape index (κ3) is 4.05. The molecule has 27 heavy (non-hydrogen) atoms. The van der Waals surface area contributed by atoms with Gasteiger partial charge in [-0.2, -0.15) is 0 Å². The van der Waals surface area contributed by atoms with Gasteiger partial charge in [-0.25, -0.2) is 9.07 Å². The fourth-order valence-corrected chi connectivity index (χ4v) is 4.88. The van der Waals surface area contributed by atoms with Gasteiger partial charge in [0.2, 0.25) is 0 Å². The Bertz CT molecular complexity index is 716. The van der Waals surface area contributed by atoms with Crippen LogP contribution in [0.1, 0.15) is 87.7 Å². The van der Waals surface area contributed by atoms with Crippen LogP contribution in [0.15, 0.2) is 24.3 Å². The van der Waals surface area contributed by atoms with Gasteiger partial charge in [0.25, 0.3) is 0 Å². The molecule has 0 spiro atoms. The molecule has 5 nitrogen and oxygen atoms in total. The molecular weight excluding hydrogens is 341 g/mol. The molecule has 1 atom stereocenters. The van der Waals surface area contributed by atoms with Crippen molar-refractivity contribution >= 4 is 0 Å². The summed E-state index contributed by atoms with van der Waals surface area (Å²) in [5, 5.41) is 12.9. The molecule has 2 aliphatic carbocycles. The summed E-state index contributed by atoms with van der Waals surface area (Å²) in [4.78, 5) is 2.43. The molecule has 0 aliphatic heterocycles. The average Bonchev–Trinajstić information content (AvgIpc) is 3.20. The van der Waals surface area contributed by atoms with Gasteiger partial charge in [-0.1, -0.05) is 50.7 Å². The van der Waals surface area contributed by atoms with Crippen molar-refractivity contribution in [1.29, 1.82) is 0 Å². The summed E-state index contributed by atoms with van der Waals surface area (Å²) >= 11 is 0. The standard InChI is InChI=1S/C21H30FN5/c1-26(18-8-4-2-5-9-18)20(16-12-14-17(22)15-13-16)21-23-24-25-27(21)19-10-6-3-7-11-19/h12-15,18-20H,2-11H2,1H3/t20-/m1/s1. The largest absolute Gasteiger partial charge is 0.290 e. The van der Waals surface area contributed by atoms with Crippen LogP contribution in [0.3, 0.4) is 0 Å². The van der Waals surface area contributed by atoms with Gasteiger partial charge in [-0.05, 0) is 60.9 Å². The van der Waals surface area contributed by atoms with Crippen LogP contribution in [0.25, 0.3) is 0 Å². The molecule has 0 radical (unpaired) electrons. The van der Waals surface area contributed by atoms with Gasteiger partial charge in [0.15, 0.2) is 5.82 Å². The van der Waals surface area contributed by atoms with Crippen LogP contribution in [-0.2, 0) is 0 Å². The normalized spacial score (nSPS) is 20.9. The second kappa shape index (κ2) is 8.46. The van der Waals surface area contributed by atoms with E-state index in [0.717, 1.165) is 24.2 Å². The highest BCUT2D eigenvalue weighted by molar-refractivity contribution is 5.25. The highest BCUT2D eigenvalue weighted by Gasteiger charge is 2.32. The molecule has 0 amide bonds. The molecule has 6 heteroatoms. The summed E-state index contributed by atoms with van der Waals surface area (Å²) in [5.74, 6) is 0.700. The van der Waals surface area contributed by atoms with E-state index in [1.54, 1.807) is 12.1 Å².